The molecule has 0 radical (unpaired) electrons. The molecule has 0 bridgehead atoms. The molecule has 24 heavy (non-hydrogen) atoms. The molecule has 0 saturated heterocycles. The largest absolute Gasteiger partial charge is 0.454 e. The summed E-state index contributed by atoms with van der Waals surface area (Å²) < 4.78 is 10.4. The Kier molecular flexibility index (Phi) is 4.85. The molecule has 0 fully saturated rings. The van der Waals surface area contributed by atoms with Crippen LogP contribution in [0, 0.1) is 0 Å². The van der Waals surface area contributed by atoms with Gasteiger partial charge in [0.15, 0.2) is 11.5 Å². The van der Waals surface area contributed by atoms with Gasteiger partial charge in [-0.2, -0.15) is 5.10 Å². The standard InChI is InChI=1S/C16H11Cl3N2O3/c1-8(10-3-4-11(17)15(19)14(10)18)20-21-16(22)9-2-5-12-13(6-9)24-7-23-12/h2-6H,7H2,1H3,(H,21,22)/b20-8-. The molecule has 3 rings (SSSR count). The van der Waals surface area contributed by atoms with Gasteiger partial charge in [0.05, 0.1) is 20.8 Å². The van der Waals surface area contributed by atoms with Crippen molar-refractivity contribution in [2.45, 2.75) is 6.92 Å². The summed E-state index contributed by atoms with van der Waals surface area (Å²) in [5.41, 5.74) is 3.94. The number of halogens is 3. The van der Waals surface area contributed by atoms with Crippen LogP contribution in [-0.2, 0) is 0 Å². The van der Waals surface area contributed by atoms with Gasteiger partial charge < -0.3 is 9.47 Å². The Morgan fingerprint density at radius 2 is 1.83 bits per heavy atom. The van der Waals surface area contributed by atoms with E-state index in [2.05, 4.69) is 10.5 Å². The van der Waals surface area contributed by atoms with Gasteiger partial charge in [0.25, 0.3) is 5.91 Å². The van der Waals surface area contributed by atoms with Gasteiger partial charge in [-0.25, -0.2) is 5.43 Å². The summed E-state index contributed by atoms with van der Waals surface area (Å²) in [4.78, 5) is 12.2. The van der Waals surface area contributed by atoms with E-state index in [0.29, 0.717) is 33.4 Å². The topological polar surface area (TPSA) is 59.9 Å². The molecule has 5 nitrogen and oxygen atoms in total. The van der Waals surface area contributed by atoms with Gasteiger partial charge in [-0.1, -0.05) is 40.9 Å². The van der Waals surface area contributed by atoms with E-state index in [1.165, 1.54) is 0 Å². The number of ether oxygens (including phenoxy) is 2. The molecule has 0 saturated carbocycles. The Morgan fingerprint density at radius 1 is 1.08 bits per heavy atom. The maximum absolute atomic E-state index is 12.2. The fourth-order valence-electron chi connectivity index (χ4n) is 2.10. The van der Waals surface area contributed by atoms with Gasteiger partial charge in [-0.15, -0.1) is 0 Å². The van der Waals surface area contributed by atoms with Crippen LogP contribution in [0.15, 0.2) is 35.4 Å². The highest BCUT2D eigenvalue weighted by molar-refractivity contribution is 6.49. The van der Waals surface area contributed by atoms with E-state index in [1.807, 2.05) is 0 Å². The Balaban J connectivity index is 1.77. The van der Waals surface area contributed by atoms with Crippen LogP contribution >= 0.6 is 34.8 Å². The normalized spacial score (nSPS) is 13.1. The Bertz CT molecular complexity index is 853. The third-order valence-electron chi connectivity index (χ3n) is 3.38. The molecule has 0 unspecified atom stereocenters. The third kappa shape index (κ3) is 3.29. The van der Waals surface area contributed by atoms with Gasteiger partial charge in [-0.05, 0) is 31.2 Å². The summed E-state index contributed by atoms with van der Waals surface area (Å²) in [7, 11) is 0. The number of hydrogen-bond donors (Lipinski definition) is 1. The van der Waals surface area contributed by atoms with Crippen LogP contribution in [0.3, 0.4) is 0 Å². The van der Waals surface area contributed by atoms with Gasteiger partial charge in [-0.3, -0.25) is 4.79 Å². The van der Waals surface area contributed by atoms with Crippen molar-refractivity contribution in [2.24, 2.45) is 5.10 Å². The summed E-state index contributed by atoms with van der Waals surface area (Å²) in [6.45, 7) is 1.85. The number of fused-ring (bicyclic) bond motifs is 1. The van der Waals surface area contributed by atoms with Crippen LogP contribution in [0.5, 0.6) is 11.5 Å². The van der Waals surface area contributed by atoms with Crippen molar-refractivity contribution in [3.63, 3.8) is 0 Å². The van der Waals surface area contributed by atoms with E-state index < -0.39 is 0 Å². The summed E-state index contributed by atoms with van der Waals surface area (Å²) >= 11 is 18.1. The second-order valence-electron chi connectivity index (χ2n) is 4.93. The molecule has 0 spiro atoms. The minimum Gasteiger partial charge on any atom is -0.454 e. The van der Waals surface area contributed by atoms with Crippen LogP contribution in [-0.4, -0.2) is 18.4 Å². The van der Waals surface area contributed by atoms with Gasteiger partial charge in [0.2, 0.25) is 6.79 Å². The highest BCUT2D eigenvalue weighted by Gasteiger charge is 2.16. The van der Waals surface area contributed by atoms with Crippen molar-refractivity contribution < 1.29 is 14.3 Å². The second-order valence-corrected chi connectivity index (χ2v) is 6.09. The maximum atomic E-state index is 12.2. The molecule has 1 aliphatic heterocycles. The molecule has 1 aliphatic rings. The number of nitrogens with zero attached hydrogens (tertiary/aromatic N) is 1. The van der Waals surface area contributed by atoms with Crippen LogP contribution in [0.2, 0.25) is 15.1 Å². The predicted molar refractivity (Wildman–Crippen MR) is 93.7 cm³/mol. The van der Waals surface area contributed by atoms with Crippen LogP contribution in [0.1, 0.15) is 22.8 Å². The molecule has 2 aromatic carbocycles. The summed E-state index contributed by atoms with van der Waals surface area (Å²) in [6.07, 6.45) is 0. The zero-order chi connectivity index (χ0) is 17.3. The minimum atomic E-state index is -0.385. The molecule has 0 aliphatic carbocycles. The first kappa shape index (κ1) is 16.9. The van der Waals surface area contributed by atoms with Crippen LogP contribution in [0.25, 0.3) is 0 Å². The fourth-order valence-corrected chi connectivity index (χ4v) is 2.77. The summed E-state index contributed by atoms with van der Waals surface area (Å²) in [5.74, 6) is 0.744. The lowest BCUT2D eigenvalue weighted by atomic mass is 10.1. The molecular weight excluding hydrogens is 375 g/mol. The van der Waals surface area contributed by atoms with Crippen molar-refractivity contribution >= 4 is 46.4 Å². The lowest BCUT2D eigenvalue weighted by Gasteiger charge is -2.07. The second kappa shape index (κ2) is 6.89. The number of hydrogen-bond acceptors (Lipinski definition) is 4. The molecule has 1 amide bonds. The van der Waals surface area contributed by atoms with E-state index in [4.69, 9.17) is 44.3 Å². The lowest BCUT2D eigenvalue weighted by molar-refractivity contribution is 0.0954. The van der Waals surface area contributed by atoms with Crippen LogP contribution < -0.4 is 14.9 Å². The van der Waals surface area contributed by atoms with Gasteiger partial charge in [0, 0.05) is 11.1 Å². The summed E-state index contributed by atoms with van der Waals surface area (Å²) in [5, 5.41) is 4.93. The van der Waals surface area contributed by atoms with Crippen molar-refractivity contribution in [3.8, 4) is 11.5 Å². The number of carbonyl (C=O) groups excluding carboxylic acids is 1. The average Bonchev–Trinajstić information content (AvgIpc) is 3.05. The zero-order valence-electron chi connectivity index (χ0n) is 12.4. The van der Waals surface area contributed by atoms with Gasteiger partial charge in [0.1, 0.15) is 0 Å². The van der Waals surface area contributed by atoms with E-state index in [0.717, 1.165) is 0 Å². The van der Waals surface area contributed by atoms with Crippen molar-refractivity contribution in [3.05, 3.63) is 56.5 Å². The van der Waals surface area contributed by atoms with Crippen molar-refractivity contribution in [1.82, 2.24) is 5.43 Å². The maximum Gasteiger partial charge on any atom is 0.271 e. The van der Waals surface area contributed by atoms with Crippen molar-refractivity contribution in [1.29, 1.82) is 0 Å². The first-order valence-corrected chi connectivity index (χ1v) is 7.99. The predicted octanol–water partition coefficient (Wildman–Crippen LogP) is 4.53. The molecule has 2 aromatic rings. The molecule has 1 heterocycles. The SMILES string of the molecule is C/C(=N/NC(=O)c1ccc2c(c1)OCO2)c1ccc(Cl)c(Cl)c1Cl. The molecular formula is C16H11Cl3N2O3. The molecule has 0 aromatic heterocycles. The Labute approximate surface area is 153 Å². The van der Waals surface area contributed by atoms with E-state index in [9.17, 15) is 4.79 Å². The van der Waals surface area contributed by atoms with Crippen LogP contribution in [0.4, 0.5) is 0 Å². The average molecular weight is 386 g/mol. The first-order valence-electron chi connectivity index (χ1n) is 6.85. The number of amides is 1. The van der Waals surface area contributed by atoms with Crippen molar-refractivity contribution in [2.75, 3.05) is 6.79 Å². The smallest absolute Gasteiger partial charge is 0.271 e. The Hall–Kier alpha value is -1.95. The highest BCUT2D eigenvalue weighted by atomic mass is 35.5. The van der Waals surface area contributed by atoms with E-state index in [1.54, 1.807) is 37.3 Å². The molecule has 8 heteroatoms. The minimum absolute atomic E-state index is 0.146. The number of carbonyl (C=O) groups is 1. The zero-order valence-corrected chi connectivity index (χ0v) is 14.7. The Morgan fingerprint density at radius 3 is 2.62 bits per heavy atom. The third-order valence-corrected chi connectivity index (χ3v) is 4.68. The number of benzene rings is 2. The first-order chi connectivity index (χ1) is 11.5. The molecule has 124 valence electrons. The van der Waals surface area contributed by atoms with E-state index in [-0.39, 0.29) is 22.7 Å². The molecule has 0 atom stereocenters. The fraction of sp³-hybridized carbons (Fsp3) is 0.125. The van der Waals surface area contributed by atoms with Gasteiger partial charge >= 0.3 is 0 Å². The molecule has 1 N–H and O–H groups in total. The number of hydrazone groups is 1. The highest BCUT2D eigenvalue weighted by Crippen LogP contribution is 2.33. The quantitative estimate of drug-likeness (QED) is 0.480. The summed E-state index contributed by atoms with van der Waals surface area (Å²) in [6, 6.07) is 8.18. The monoisotopic (exact) mass is 384 g/mol. The lowest BCUT2D eigenvalue weighted by Crippen LogP contribution is -2.19. The number of nitrogens with one attached hydrogen (secondary N) is 1. The number of rotatable bonds is 3. The van der Waals surface area contributed by atoms with E-state index >= 15 is 0 Å².